The van der Waals surface area contributed by atoms with Crippen LogP contribution in [0.25, 0.3) is 0 Å². The molecule has 1 saturated carbocycles. The zero-order chi connectivity index (χ0) is 15.4. The van der Waals surface area contributed by atoms with E-state index in [4.69, 9.17) is 4.74 Å². The van der Waals surface area contributed by atoms with Crippen molar-refractivity contribution in [1.29, 1.82) is 0 Å². The standard InChI is InChI=1S/C16H21Br2NO2/c1-11(20)21-16-12(8-13(17)9-15(16)18)10-19(2)14-6-4-3-5-7-14/h8-9,14H,3-7,10H2,1-2H3. The molecule has 0 bridgehead atoms. The zero-order valence-electron chi connectivity index (χ0n) is 12.5. The van der Waals surface area contributed by atoms with Crippen LogP contribution in [0.1, 0.15) is 44.6 Å². The van der Waals surface area contributed by atoms with E-state index in [-0.39, 0.29) is 5.97 Å². The zero-order valence-corrected chi connectivity index (χ0v) is 15.7. The van der Waals surface area contributed by atoms with Crippen molar-refractivity contribution in [1.82, 2.24) is 4.90 Å². The van der Waals surface area contributed by atoms with E-state index in [0.29, 0.717) is 11.8 Å². The molecule has 21 heavy (non-hydrogen) atoms. The Hall–Kier alpha value is -0.390. The number of ether oxygens (including phenoxy) is 1. The van der Waals surface area contributed by atoms with Crippen LogP contribution in [-0.4, -0.2) is 24.0 Å². The minimum Gasteiger partial charge on any atom is -0.425 e. The lowest BCUT2D eigenvalue weighted by atomic mass is 9.94. The molecular formula is C16H21Br2NO2. The quantitative estimate of drug-likeness (QED) is 0.514. The second kappa shape index (κ2) is 7.75. The monoisotopic (exact) mass is 417 g/mol. The van der Waals surface area contributed by atoms with Crippen LogP contribution in [0.3, 0.4) is 0 Å². The third-order valence-electron chi connectivity index (χ3n) is 3.95. The molecule has 1 aromatic rings. The SMILES string of the molecule is CC(=O)Oc1c(Br)cc(Br)cc1CN(C)C1CCCCC1. The van der Waals surface area contributed by atoms with Gasteiger partial charge in [-0.15, -0.1) is 0 Å². The lowest BCUT2D eigenvalue weighted by Crippen LogP contribution is -2.33. The second-order valence-corrected chi connectivity index (χ2v) is 7.45. The highest BCUT2D eigenvalue weighted by atomic mass is 79.9. The molecule has 0 heterocycles. The number of carbonyl (C=O) groups is 1. The van der Waals surface area contributed by atoms with Gasteiger partial charge in [0.15, 0.2) is 0 Å². The second-order valence-electron chi connectivity index (χ2n) is 5.68. The minimum absolute atomic E-state index is 0.292. The molecule has 1 aliphatic rings. The Bertz CT molecular complexity index is 513. The fraction of sp³-hybridized carbons (Fsp3) is 0.562. The van der Waals surface area contributed by atoms with Gasteiger partial charge in [0.1, 0.15) is 5.75 Å². The summed E-state index contributed by atoms with van der Waals surface area (Å²) < 4.78 is 7.17. The van der Waals surface area contributed by atoms with Crippen LogP contribution in [0, 0.1) is 0 Å². The first kappa shape index (κ1) is 17.0. The Morgan fingerprint density at radius 2 is 1.95 bits per heavy atom. The summed E-state index contributed by atoms with van der Waals surface area (Å²) in [5.41, 5.74) is 1.03. The van der Waals surface area contributed by atoms with Crippen molar-refractivity contribution in [2.75, 3.05) is 7.05 Å². The number of nitrogens with zero attached hydrogens (tertiary/aromatic N) is 1. The molecule has 0 aliphatic heterocycles. The van der Waals surface area contributed by atoms with Crippen molar-refractivity contribution in [3.05, 3.63) is 26.6 Å². The van der Waals surface area contributed by atoms with Gasteiger partial charge in [0.25, 0.3) is 0 Å². The molecule has 0 saturated heterocycles. The topological polar surface area (TPSA) is 29.5 Å². The molecule has 5 heteroatoms. The largest absolute Gasteiger partial charge is 0.425 e. The van der Waals surface area contributed by atoms with Crippen LogP contribution in [0.2, 0.25) is 0 Å². The number of carbonyl (C=O) groups excluding carboxylic acids is 1. The smallest absolute Gasteiger partial charge is 0.308 e. The minimum atomic E-state index is -0.292. The first-order valence-corrected chi connectivity index (χ1v) is 8.92. The van der Waals surface area contributed by atoms with Gasteiger partial charge in [0.2, 0.25) is 0 Å². The van der Waals surface area contributed by atoms with Crippen molar-refractivity contribution in [3.63, 3.8) is 0 Å². The average Bonchev–Trinajstić information content (AvgIpc) is 2.43. The molecule has 116 valence electrons. The van der Waals surface area contributed by atoms with E-state index in [9.17, 15) is 4.79 Å². The van der Waals surface area contributed by atoms with Gasteiger partial charge in [-0.1, -0.05) is 35.2 Å². The average molecular weight is 419 g/mol. The van der Waals surface area contributed by atoms with Crippen molar-refractivity contribution < 1.29 is 9.53 Å². The molecule has 0 atom stereocenters. The summed E-state index contributed by atoms with van der Waals surface area (Å²) in [5.74, 6) is 0.341. The van der Waals surface area contributed by atoms with Gasteiger partial charge < -0.3 is 4.74 Å². The summed E-state index contributed by atoms with van der Waals surface area (Å²) in [5, 5.41) is 0. The maximum absolute atomic E-state index is 11.3. The van der Waals surface area contributed by atoms with E-state index >= 15 is 0 Å². The van der Waals surface area contributed by atoms with Crippen LogP contribution in [0.4, 0.5) is 0 Å². The number of rotatable bonds is 4. The van der Waals surface area contributed by atoms with Crippen LogP contribution >= 0.6 is 31.9 Å². The number of hydrogen-bond acceptors (Lipinski definition) is 3. The summed E-state index contributed by atoms with van der Waals surface area (Å²) in [6.07, 6.45) is 6.50. The number of benzene rings is 1. The maximum Gasteiger partial charge on any atom is 0.308 e. The predicted molar refractivity (Wildman–Crippen MR) is 91.5 cm³/mol. The van der Waals surface area contributed by atoms with E-state index in [2.05, 4.69) is 43.8 Å². The Labute approximate surface area is 143 Å². The Balaban J connectivity index is 2.18. The molecule has 1 aliphatic carbocycles. The van der Waals surface area contributed by atoms with Crippen molar-refractivity contribution in [2.24, 2.45) is 0 Å². The molecule has 0 aromatic heterocycles. The molecule has 1 fully saturated rings. The van der Waals surface area contributed by atoms with Gasteiger partial charge >= 0.3 is 5.97 Å². The highest BCUT2D eigenvalue weighted by molar-refractivity contribution is 9.11. The van der Waals surface area contributed by atoms with Crippen molar-refractivity contribution in [2.45, 2.75) is 51.6 Å². The maximum atomic E-state index is 11.3. The number of halogens is 2. The van der Waals surface area contributed by atoms with Gasteiger partial charge in [0.05, 0.1) is 4.47 Å². The lowest BCUT2D eigenvalue weighted by molar-refractivity contribution is -0.132. The molecule has 0 spiro atoms. The van der Waals surface area contributed by atoms with Crippen LogP contribution in [0.15, 0.2) is 21.1 Å². The molecule has 0 unspecified atom stereocenters. The Morgan fingerprint density at radius 1 is 1.29 bits per heavy atom. The van der Waals surface area contributed by atoms with Crippen molar-refractivity contribution in [3.8, 4) is 5.75 Å². The summed E-state index contributed by atoms with van der Waals surface area (Å²) in [6.45, 7) is 2.22. The van der Waals surface area contributed by atoms with Crippen LogP contribution < -0.4 is 4.74 Å². The summed E-state index contributed by atoms with van der Waals surface area (Å²) in [6, 6.07) is 4.56. The van der Waals surface area contributed by atoms with Gasteiger partial charge in [-0.05, 0) is 48.0 Å². The van der Waals surface area contributed by atoms with Crippen LogP contribution in [-0.2, 0) is 11.3 Å². The van der Waals surface area contributed by atoms with Gasteiger partial charge in [0, 0.05) is 29.5 Å². The fourth-order valence-corrected chi connectivity index (χ4v) is 4.30. The molecule has 1 aromatic carbocycles. The molecule has 0 amide bonds. The van der Waals surface area contributed by atoms with Gasteiger partial charge in [-0.25, -0.2) is 0 Å². The van der Waals surface area contributed by atoms with Gasteiger partial charge in [-0.3, -0.25) is 9.69 Å². The van der Waals surface area contributed by atoms with Gasteiger partial charge in [-0.2, -0.15) is 0 Å². The number of hydrogen-bond donors (Lipinski definition) is 0. The summed E-state index contributed by atoms with van der Waals surface area (Å²) in [4.78, 5) is 13.7. The molecule has 2 rings (SSSR count). The highest BCUT2D eigenvalue weighted by Gasteiger charge is 2.20. The lowest BCUT2D eigenvalue weighted by Gasteiger charge is -2.31. The molecule has 3 nitrogen and oxygen atoms in total. The van der Waals surface area contributed by atoms with E-state index in [1.807, 2.05) is 12.1 Å². The Morgan fingerprint density at radius 3 is 2.57 bits per heavy atom. The highest BCUT2D eigenvalue weighted by Crippen LogP contribution is 2.34. The number of esters is 1. The van der Waals surface area contributed by atoms with Crippen LogP contribution in [0.5, 0.6) is 5.75 Å². The molecular weight excluding hydrogens is 398 g/mol. The normalized spacial score (nSPS) is 16.2. The van der Waals surface area contributed by atoms with E-state index in [1.165, 1.54) is 39.0 Å². The molecule has 0 radical (unpaired) electrons. The summed E-state index contributed by atoms with van der Waals surface area (Å²) >= 11 is 7.00. The van der Waals surface area contributed by atoms with E-state index in [1.54, 1.807) is 0 Å². The third-order valence-corrected chi connectivity index (χ3v) is 5.00. The first-order chi connectivity index (χ1) is 9.97. The fourth-order valence-electron chi connectivity index (χ4n) is 2.91. The third kappa shape index (κ3) is 4.80. The van der Waals surface area contributed by atoms with E-state index < -0.39 is 0 Å². The Kier molecular flexibility index (Phi) is 6.26. The predicted octanol–water partition coefficient (Wildman–Crippen LogP) is 4.90. The van der Waals surface area contributed by atoms with Crippen molar-refractivity contribution >= 4 is 37.8 Å². The molecule has 0 N–H and O–H groups in total. The summed E-state index contributed by atoms with van der Waals surface area (Å²) in [7, 11) is 2.16. The van der Waals surface area contributed by atoms with E-state index in [0.717, 1.165) is 21.1 Å². The first-order valence-electron chi connectivity index (χ1n) is 7.34.